The summed E-state index contributed by atoms with van der Waals surface area (Å²) in [6.45, 7) is 9.50. The van der Waals surface area contributed by atoms with Gasteiger partial charge in [-0.1, -0.05) is 49.1 Å². The summed E-state index contributed by atoms with van der Waals surface area (Å²) in [4.78, 5) is 19.4. The minimum atomic E-state index is -1.45. The molecule has 0 radical (unpaired) electrons. The molecule has 1 fully saturated rings. The number of amides is 1. The standard InChI is InChI=1S/C26H35N5O4S/c1-5-7-8-22-15-23(28-19(22)3)36(34)31-14-13-30(24(32)17-31)16-20-9-11-21(12-10-20)26(27)29(4)18-25(33)35-6-2/h5,7-12,15,25,27-28,33H,1,6,13-14,16-18H2,2-4H3/b8-7-,27-26?. The fourth-order valence-electron chi connectivity index (χ4n) is 3.90. The zero-order chi connectivity index (χ0) is 26.2. The molecule has 0 aliphatic carbocycles. The zero-order valence-electron chi connectivity index (χ0n) is 21.1. The lowest BCUT2D eigenvalue weighted by Gasteiger charge is -2.33. The SMILES string of the molecule is C=C/C=C\c1cc(S(=O)N2CCN(Cc3ccc(C(=N)N(C)CC(O)OCC)cc3)C(=O)C2)[nH]c1C. The van der Waals surface area contributed by atoms with E-state index in [1.54, 1.807) is 34.2 Å². The highest BCUT2D eigenvalue weighted by Gasteiger charge is 2.29. The third kappa shape index (κ3) is 7.01. The Hall–Kier alpha value is -3.05. The van der Waals surface area contributed by atoms with Gasteiger partial charge in [0.05, 0.1) is 13.1 Å². The average molecular weight is 514 g/mol. The van der Waals surface area contributed by atoms with Crippen LogP contribution in [-0.2, 0) is 27.1 Å². The van der Waals surface area contributed by atoms with Crippen molar-refractivity contribution in [1.29, 1.82) is 5.41 Å². The second-order valence-electron chi connectivity index (χ2n) is 8.57. The molecule has 3 N–H and O–H groups in total. The molecule has 3 rings (SSSR count). The van der Waals surface area contributed by atoms with Crippen molar-refractivity contribution in [3.63, 3.8) is 0 Å². The summed E-state index contributed by atoms with van der Waals surface area (Å²) >= 11 is 0. The highest BCUT2D eigenvalue weighted by molar-refractivity contribution is 7.82. The third-order valence-electron chi connectivity index (χ3n) is 5.92. The van der Waals surface area contributed by atoms with Crippen LogP contribution in [-0.4, -0.2) is 86.3 Å². The van der Waals surface area contributed by atoms with Gasteiger partial charge in [-0.2, -0.15) is 0 Å². The van der Waals surface area contributed by atoms with Crippen molar-refractivity contribution in [2.45, 2.75) is 31.7 Å². The van der Waals surface area contributed by atoms with Gasteiger partial charge in [0, 0.05) is 44.5 Å². The largest absolute Gasteiger partial charge is 0.366 e. The number of aliphatic hydroxyl groups excluding tert-OH is 1. The number of hydrogen-bond donors (Lipinski definition) is 3. The van der Waals surface area contributed by atoms with Gasteiger partial charge in [-0.15, -0.1) is 0 Å². The number of aromatic amines is 1. The van der Waals surface area contributed by atoms with Gasteiger partial charge in [0.1, 0.15) is 21.8 Å². The molecule has 0 saturated carbocycles. The number of nitrogens with one attached hydrogen (secondary N) is 2. The molecule has 1 aromatic carbocycles. The van der Waals surface area contributed by atoms with Gasteiger partial charge in [-0.25, -0.2) is 8.51 Å². The summed E-state index contributed by atoms with van der Waals surface area (Å²) in [5, 5.41) is 18.7. The molecule has 194 valence electrons. The van der Waals surface area contributed by atoms with Crippen molar-refractivity contribution < 1.29 is 18.8 Å². The minimum Gasteiger partial charge on any atom is -0.366 e. The van der Waals surface area contributed by atoms with Gasteiger partial charge in [0.2, 0.25) is 5.91 Å². The molecule has 1 amide bonds. The Bertz CT molecular complexity index is 1130. The van der Waals surface area contributed by atoms with Crippen LogP contribution >= 0.6 is 0 Å². The van der Waals surface area contributed by atoms with E-state index in [1.807, 2.05) is 49.4 Å². The Kier molecular flexibility index (Phi) is 9.77. The Labute approximate surface area is 215 Å². The van der Waals surface area contributed by atoms with Crippen molar-refractivity contribution in [1.82, 2.24) is 19.1 Å². The van der Waals surface area contributed by atoms with Gasteiger partial charge in [0.15, 0.2) is 6.29 Å². The monoisotopic (exact) mass is 513 g/mol. The molecular weight excluding hydrogens is 478 g/mol. The lowest BCUT2D eigenvalue weighted by molar-refractivity contribution is -0.134. The molecule has 0 bridgehead atoms. The van der Waals surface area contributed by atoms with Crippen LogP contribution < -0.4 is 0 Å². The zero-order valence-corrected chi connectivity index (χ0v) is 21.9. The number of carbonyl (C=O) groups excluding carboxylic acids is 1. The van der Waals surface area contributed by atoms with Crippen molar-refractivity contribution >= 4 is 28.8 Å². The number of amidine groups is 1. The number of rotatable bonds is 11. The number of allylic oxidation sites excluding steroid dienone is 2. The van der Waals surface area contributed by atoms with E-state index in [1.165, 1.54) is 0 Å². The normalized spacial score (nSPS) is 16.3. The number of likely N-dealkylation sites (N-methyl/N-ethyl adjacent to an activating group) is 1. The quantitative estimate of drug-likeness (QED) is 0.185. The molecule has 2 aromatic rings. The average Bonchev–Trinajstić information content (AvgIpc) is 3.23. The third-order valence-corrected chi connectivity index (χ3v) is 7.30. The summed E-state index contributed by atoms with van der Waals surface area (Å²) in [6.07, 6.45) is 4.46. The number of carbonyl (C=O) groups is 1. The minimum absolute atomic E-state index is 0.0777. The van der Waals surface area contributed by atoms with Crippen LogP contribution in [0.1, 0.15) is 29.3 Å². The topological polar surface area (TPSA) is 113 Å². The molecule has 1 aromatic heterocycles. The van der Waals surface area contributed by atoms with Crippen LogP contribution in [0.25, 0.3) is 6.08 Å². The van der Waals surface area contributed by atoms with Crippen LogP contribution in [0.4, 0.5) is 0 Å². The maximum Gasteiger partial charge on any atom is 0.238 e. The van der Waals surface area contributed by atoms with Crippen molar-refractivity contribution in [3.8, 4) is 0 Å². The highest BCUT2D eigenvalue weighted by atomic mass is 32.2. The van der Waals surface area contributed by atoms with Crippen LogP contribution in [0.5, 0.6) is 0 Å². The van der Waals surface area contributed by atoms with Crippen LogP contribution in [0.3, 0.4) is 0 Å². The van der Waals surface area contributed by atoms with Gasteiger partial charge in [-0.3, -0.25) is 10.2 Å². The number of nitrogens with zero attached hydrogens (tertiary/aromatic N) is 3. The number of aromatic nitrogens is 1. The highest BCUT2D eigenvalue weighted by Crippen LogP contribution is 2.19. The van der Waals surface area contributed by atoms with Gasteiger partial charge in [-0.05, 0) is 31.0 Å². The number of H-pyrrole nitrogens is 1. The first-order chi connectivity index (χ1) is 17.2. The van der Waals surface area contributed by atoms with E-state index >= 15 is 0 Å². The number of ether oxygens (including phenoxy) is 1. The summed E-state index contributed by atoms with van der Waals surface area (Å²) in [5.41, 5.74) is 3.51. The molecule has 1 aliphatic rings. The number of piperazine rings is 1. The molecular formula is C26H35N5O4S. The predicted octanol–water partition coefficient (Wildman–Crippen LogP) is 2.50. The molecule has 2 unspecified atom stereocenters. The molecule has 2 heterocycles. The Morgan fingerprint density at radius 3 is 2.72 bits per heavy atom. The van der Waals surface area contributed by atoms with E-state index in [2.05, 4.69) is 11.6 Å². The van der Waals surface area contributed by atoms with E-state index in [0.717, 1.165) is 16.8 Å². The Morgan fingerprint density at radius 1 is 1.36 bits per heavy atom. The number of aliphatic hydroxyl groups is 1. The predicted molar refractivity (Wildman–Crippen MR) is 142 cm³/mol. The lowest BCUT2D eigenvalue weighted by Crippen LogP contribution is -2.50. The lowest BCUT2D eigenvalue weighted by atomic mass is 10.1. The fraction of sp³-hybridized carbons (Fsp3) is 0.385. The van der Waals surface area contributed by atoms with E-state index in [-0.39, 0.29) is 24.8 Å². The number of benzene rings is 1. The van der Waals surface area contributed by atoms with Crippen LogP contribution in [0.2, 0.25) is 0 Å². The van der Waals surface area contributed by atoms with Crippen LogP contribution in [0, 0.1) is 12.3 Å². The molecule has 0 spiro atoms. The summed E-state index contributed by atoms with van der Waals surface area (Å²) < 4.78 is 19.9. The van der Waals surface area contributed by atoms with E-state index in [4.69, 9.17) is 10.1 Å². The molecule has 10 heteroatoms. The van der Waals surface area contributed by atoms with E-state index in [0.29, 0.717) is 36.8 Å². The van der Waals surface area contributed by atoms with Crippen molar-refractivity contribution in [2.75, 3.05) is 39.8 Å². The number of hydrogen-bond acceptors (Lipinski definition) is 5. The molecule has 36 heavy (non-hydrogen) atoms. The first kappa shape index (κ1) is 27.5. The van der Waals surface area contributed by atoms with Gasteiger partial charge < -0.3 is 24.6 Å². The smallest absolute Gasteiger partial charge is 0.238 e. The van der Waals surface area contributed by atoms with Gasteiger partial charge in [0.25, 0.3) is 0 Å². The second kappa shape index (κ2) is 12.8. The summed E-state index contributed by atoms with van der Waals surface area (Å²) in [7, 11) is 0.280. The van der Waals surface area contributed by atoms with E-state index < -0.39 is 17.3 Å². The number of aryl methyl sites for hydroxylation is 1. The summed E-state index contributed by atoms with van der Waals surface area (Å²) in [5.74, 6) is 0.196. The second-order valence-corrected chi connectivity index (χ2v) is 10.0. The molecule has 1 saturated heterocycles. The molecule has 9 nitrogen and oxygen atoms in total. The maximum atomic E-state index is 13.1. The molecule has 2 atom stereocenters. The maximum absolute atomic E-state index is 13.1. The van der Waals surface area contributed by atoms with Crippen molar-refractivity contribution in [3.05, 3.63) is 71.4 Å². The van der Waals surface area contributed by atoms with Crippen molar-refractivity contribution in [2.24, 2.45) is 0 Å². The molecule has 1 aliphatic heterocycles. The fourth-order valence-corrected chi connectivity index (χ4v) is 5.12. The van der Waals surface area contributed by atoms with Crippen LogP contribution in [0.15, 0.2) is 54.1 Å². The Morgan fingerprint density at radius 2 is 2.08 bits per heavy atom. The first-order valence-electron chi connectivity index (χ1n) is 11.9. The van der Waals surface area contributed by atoms with E-state index in [9.17, 15) is 14.1 Å². The summed E-state index contributed by atoms with van der Waals surface area (Å²) in [6, 6.07) is 9.31. The Balaban J connectivity index is 1.56. The first-order valence-corrected chi connectivity index (χ1v) is 13.0. The van der Waals surface area contributed by atoms with Gasteiger partial charge >= 0.3 is 0 Å².